The van der Waals surface area contributed by atoms with Crippen molar-refractivity contribution >= 4 is 23.2 Å². The van der Waals surface area contributed by atoms with Gasteiger partial charge in [0.1, 0.15) is 0 Å². The third-order valence-corrected chi connectivity index (χ3v) is 2.74. The summed E-state index contributed by atoms with van der Waals surface area (Å²) in [7, 11) is 0. The molecule has 1 heterocycles. The van der Waals surface area contributed by atoms with Crippen LogP contribution in [0.3, 0.4) is 0 Å². The van der Waals surface area contributed by atoms with E-state index in [1.807, 2.05) is 0 Å². The van der Waals surface area contributed by atoms with Crippen molar-refractivity contribution in [2.75, 3.05) is 5.06 Å². The van der Waals surface area contributed by atoms with E-state index >= 15 is 0 Å². The van der Waals surface area contributed by atoms with Crippen LogP contribution in [0.1, 0.15) is 11.1 Å². The maximum absolute atomic E-state index is 11.4. The number of nitrogens with two attached hydrogens (primary N) is 1. The molecular formula is C10H11ClN2O2. The maximum Gasteiger partial charge on any atom is 0.267 e. The number of carbonyl (C=O) groups excluding carboxylic acids is 1. The lowest BCUT2D eigenvalue weighted by Crippen LogP contribution is -2.47. The number of amides is 1. The molecule has 1 aromatic carbocycles. The number of fused-ring (bicyclic) bond motifs is 1. The molecule has 1 unspecified atom stereocenters. The van der Waals surface area contributed by atoms with Crippen molar-refractivity contribution in [3.8, 4) is 0 Å². The van der Waals surface area contributed by atoms with Gasteiger partial charge in [0.05, 0.1) is 11.7 Å². The van der Waals surface area contributed by atoms with Gasteiger partial charge in [0, 0.05) is 5.02 Å². The monoisotopic (exact) mass is 226 g/mol. The highest BCUT2D eigenvalue weighted by atomic mass is 35.5. The van der Waals surface area contributed by atoms with Crippen molar-refractivity contribution in [2.45, 2.75) is 19.4 Å². The Kier molecular flexibility index (Phi) is 2.42. The highest BCUT2D eigenvalue weighted by molar-refractivity contribution is 6.30. The van der Waals surface area contributed by atoms with E-state index < -0.39 is 11.9 Å². The Morgan fingerprint density at radius 3 is 2.93 bits per heavy atom. The van der Waals surface area contributed by atoms with Gasteiger partial charge in [-0.3, -0.25) is 10.0 Å². The van der Waals surface area contributed by atoms with E-state index in [1.54, 1.807) is 19.1 Å². The smallest absolute Gasteiger partial charge is 0.267 e. The molecule has 1 amide bonds. The summed E-state index contributed by atoms with van der Waals surface area (Å²) >= 11 is 5.89. The normalized spacial score (nSPS) is 20.4. The quantitative estimate of drug-likeness (QED) is 0.655. The molecule has 0 spiro atoms. The Morgan fingerprint density at radius 1 is 1.60 bits per heavy atom. The molecule has 80 valence electrons. The number of hydroxylamine groups is 1. The summed E-state index contributed by atoms with van der Waals surface area (Å²) in [6.07, 6.45) is 0.409. The van der Waals surface area contributed by atoms with E-state index in [0.717, 1.165) is 11.1 Å². The first-order chi connectivity index (χ1) is 7.00. The van der Waals surface area contributed by atoms with Gasteiger partial charge in [0.15, 0.2) is 0 Å². The topological polar surface area (TPSA) is 66.6 Å². The molecule has 2 rings (SSSR count). The van der Waals surface area contributed by atoms with E-state index in [4.69, 9.17) is 17.3 Å². The van der Waals surface area contributed by atoms with Gasteiger partial charge in [-0.1, -0.05) is 11.6 Å². The molecule has 15 heavy (non-hydrogen) atoms. The minimum atomic E-state index is -0.694. The first-order valence-corrected chi connectivity index (χ1v) is 4.96. The summed E-state index contributed by atoms with van der Waals surface area (Å²) in [6, 6.07) is 2.73. The first kappa shape index (κ1) is 10.4. The minimum absolute atomic E-state index is 0.409. The lowest BCUT2D eigenvalue weighted by Gasteiger charge is -2.29. The molecule has 4 nitrogen and oxygen atoms in total. The van der Waals surface area contributed by atoms with E-state index in [-0.39, 0.29) is 0 Å². The molecule has 0 saturated carbocycles. The second-order valence-electron chi connectivity index (χ2n) is 3.69. The average molecular weight is 227 g/mol. The number of anilines is 1. The van der Waals surface area contributed by atoms with E-state index in [0.29, 0.717) is 22.2 Å². The number of halogens is 1. The summed E-state index contributed by atoms with van der Waals surface area (Å²) in [5, 5.41) is 10.8. The van der Waals surface area contributed by atoms with Crippen molar-refractivity contribution in [3.63, 3.8) is 0 Å². The van der Waals surface area contributed by atoms with Crippen LogP contribution < -0.4 is 10.8 Å². The highest BCUT2D eigenvalue weighted by Gasteiger charge is 2.30. The number of rotatable bonds is 0. The highest BCUT2D eigenvalue weighted by Crippen LogP contribution is 2.32. The van der Waals surface area contributed by atoms with Gasteiger partial charge in [-0.15, -0.1) is 0 Å². The summed E-state index contributed by atoms with van der Waals surface area (Å²) in [5.74, 6) is -0.479. The summed E-state index contributed by atoms with van der Waals surface area (Å²) in [4.78, 5) is 11.4. The van der Waals surface area contributed by atoms with Crippen LogP contribution in [0.25, 0.3) is 0 Å². The van der Waals surface area contributed by atoms with Crippen molar-refractivity contribution in [1.29, 1.82) is 0 Å². The van der Waals surface area contributed by atoms with Crippen LogP contribution in [0.2, 0.25) is 5.02 Å². The van der Waals surface area contributed by atoms with Gasteiger partial charge < -0.3 is 5.73 Å². The predicted molar refractivity (Wildman–Crippen MR) is 57.1 cm³/mol. The van der Waals surface area contributed by atoms with Gasteiger partial charge in [-0.05, 0) is 36.6 Å². The van der Waals surface area contributed by atoms with Crippen LogP contribution in [-0.2, 0) is 11.2 Å². The van der Waals surface area contributed by atoms with Crippen LogP contribution in [0.15, 0.2) is 12.1 Å². The Hall–Kier alpha value is -1.10. The molecule has 0 saturated heterocycles. The predicted octanol–water partition coefficient (Wildman–Crippen LogP) is 1.25. The number of aryl methyl sites for hydroxylation is 1. The molecule has 1 atom stereocenters. The number of hydrogen-bond donors (Lipinski definition) is 2. The lowest BCUT2D eigenvalue weighted by atomic mass is 9.96. The van der Waals surface area contributed by atoms with E-state index in [1.165, 1.54) is 0 Å². The Balaban J connectivity index is 2.60. The number of benzene rings is 1. The van der Waals surface area contributed by atoms with Crippen LogP contribution >= 0.6 is 11.6 Å². The molecule has 0 bridgehead atoms. The number of nitrogens with zero attached hydrogens (tertiary/aromatic N) is 1. The summed E-state index contributed by atoms with van der Waals surface area (Å²) in [6.45, 7) is 1.79. The van der Waals surface area contributed by atoms with Gasteiger partial charge >= 0.3 is 0 Å². The fraction of sp³-hybridized carbons (Fsp3) is 0.300. The van der Waals surface area contributed by atoms with Crippen molar-refractivity contribution < 1.29 is 10.0 Å². The molecular weight excluding hydrogens is 216 g/mol. The zero-order valence-electron chi connectivity index (χ0n) is 8.20. The minimum Gasteiger partial charge on any atom is -0.320 e. The largest absolute Gasteiger partial charge is 0.320 e. The van der Waals surface area contributed by atoms with Gasteiger partial charge in [0.25, 0.3) is 5.91 Å². The van der Waals surface area contributed by atoms with Crippen molar-refractivity contribution in [3.05, 3.63) is 28.3 Å². The van der Waals surface area contributed by atoms with E-state index in [9.17, 15) is 10.0 Å². The van der Waals surface area contributed by atoms with Gasteiger partial charge in [-0.2, -0.15) is 5.06 Å². The maximum atomic E-state index is 11.4. The second-order valence-corrected chi connectivity index (χ2v) is 4.13. The zero-order chi connectivity index (χ0) is 11.2. The Morgan fingerprint density at radius 2 is 2.27 bits per heavy atom. The van der Waals surface area contributed by atoms with Crippen LogP contribution in [0.4, 0.5) is 5.69 Å². The fourth-order valence-corrected chi connectivity index (χ4v) is 2.15. The van der Waals surface area contributed by atoms with Crippen LogP contribution in [0, 0.1) is 6.92 Å². The summed E-state index contributed by atoms with van der Waals surface area (Å²) < 4.78 is 0. The summed E-state index contributed by atoms with van der Waals surface area (Å²) in [5.41, 5.74) is 7.66. The van der Waals surface area contributed by atoms with E-state index in [2.05, 4.69) is 0 Å². The number of carbonyl (C=O) groups is 1. The standard InChI is InChI=1S/C10H11ClN2O2/c1-5-2-7(11)3-6-4-8(12)10(14)13(15)9(5)6/h2-3,8,15H,4,12H2,1H3. The molecule has 3 N–H and O–H groups in total. The Labute approximate surface area is 92.2 Å². The van der Waals surface area contributed by atoms with Gasteiger partial charge in [0.2, 0.25) is 0 Å². The van der Waals surface area contributed by atoms with Crippen LogP contribution in [-0.4, -0.2) is 17.2 Å². The molecule has 0 aromatic heterocycles. The SMILES string of the molecule is Cc1cc(Cl)cc2c1N(O)C(=O)C(N)C2. The van der Waals surface area contributed by atoms with Crippen LogP contribution in [0.5, 0.6) is 0 Å². The second kappa shape index (κ2) is 3.48. The van der Waals surface area contributed by atoms with Crippen molar-refractivity contribution in [1.82, 2.24) is 0 Å². The number of hydrogen-bond acceptors (Lipinski definition) is 3. The Bertz CT molecular complexity index is 434. The molecule has 1 aliphatic rings. The molecule has 1 aromatic rings. The zero-order valence-corrected chi connectivity index (χ0v) is 8.95. The molecule has 5 heteroatoms. The molecule has 0 radical (unpaired) electrons. The molecule has 1 aliphatic heterocycles. The average Bonchev–Trinajstić information content (AvgIpc) is 2.13. The fourth-order valence-electron chi connectivity index (χ4n) is 1.86. The molecule has 0 fully saturated rings. The molecule has 0 aliphatic carbocycles. The third-order valence-electron chi connectivity index (χ3n) is 2.52. The first-order valence-electron chi connectivity index (χ1n) is 4.58. The third kappa shape index (κ3) is 1.61. The lowest BCUT2D eigenvalue weighted by molar-refractivity contribution is -0.125. The van der Waals surface area contributed by atoms with Gasteiger partial charge in [-0.25, -0.2) is 0 Å². The van der Waals surface area contributed by atoms with Crippen molar-refractivity contribution in [2.24, 2.45) is 5.73 Å².